The lowest BCUT2D eigenvalue weighted by molar-refractivity contribution is -0.107. The zero-order chi connectivity index (χ0) is 7.98. The fraction of sp³-hybridized carbons (Fsp3) is 0.571. The van der Waals surface area contributed by atoms with Crippen LogP contribution in [-0.2, 0) is 4.79 Å². The number of thiol groups is 1. The van der Waals surface area contributed by atoms with E-state index >= 15 is 0 Å². The molecule has 0 amide bonds. The van der Waals surface area contributed by atoms with Crippen LogP contribution in [0, 0.1) is 0 Å². The Morgan fingerprint density at radius 1 is 1.90 bits per heavy atom. The predicted octanol–water partition coefficient (Wildman–Crippen LogP) is 2.49. The van der Waals surface area contributed by atoms with Gasteiger partial charge in [0.1, 0.15) is 0 Å². The largest absolute Gasteiger partial charge is 0.282 e. The van der Waals surface area contributed by atoms with Crippen LogP contribution < -0.4 is 0 Å². The molecule has 0 aliphatic carbocycles. The molecule has 0 aromatic carbocycles. The highest BCUT2D eigenvalue weighted by molar-refractivity contribution is 8.21. The molecule has 0 aliphatic rings. The molecule has 0 spiro atoms. The molecule has 0 heterocycles. The van der Waals surface area contributed by atoms with E-state index in [0.717, 1.165) is 12.8 Å². The third-order valence-electron chi connectivity index (χ3n) is 0.954. The summed E-state index contributed by atoms with van der Waals surface area (Å²) in [6.45, 7) is 5.44. The van der Waals surface area contributed by atoms with Crippen molar-refractivity contribution in [2.75, 3.05) is 0 Å². The molecule has 58 valence electrons. The van der Waals surface area contributed by atoms with Crippen LogP contribution in [0.15, 0.2) is 12.7 Å². The molecule has 0 bridgehead atoms. The monoisotopic (exact) mass is 176 g/mol. The van der Waals surface area contributed by atoms with E-state index in [1.54, 1.807) is 0 Å². The van der Waals surface area contributed by atoms with Crippen molar-refractivity contribution < 1.29 is 4.79 Å². The molecule has 1 nitrogen and oxygen atoms in total. The van der Waals surface area contributed by atoms with Crippen LogP contribution in [0.25, 0.3) is 0 Å². The second-order valence-corrected chi connectivity index (χ2v) is 4.06. The summed E-state index contributed by atoms with van der Waals surface area (Å²) in [5, 5.41) is 0.00782. The van der Waals surface area contributed by atoms with Crippen LogP contribution in [0.5, 0.6) is 0 Å². The molecule has 0 fully saturated rings. The van der Waals surface area contributed by atoms with Gasteiger partial charge in [-0.25, -0.2) is 0 Å². The smallest absolute Gasteiger partial charge is 0.212 e. The molecular formula is C7H12OS2. The standard InChI is InChI=1S/C7H12OS2/c1-3-5-7(9)10-6(8)4-2/h4,7,9H,2-3,5H2,1H3. The first-order valence-electron chi connectivity index (χ1n) is 3.21. The highest BCUT2D eigenvalue weighted by atomic mass is 32.2. The van der Waals surface area contributed by atoms with Gasteiger partial charge >= 0.3 is 0 Å². The van der Waals surface area contributed by atoms with Gasteiger partial charge in [-0.05, 0) is 12.5 Å². The molecule has 0 aliphatic heterocycles. The van der Waals surface area contributed by atoms with Crippen molar-refractivity contribution in [2.45, 2.75) is 24.3 Å². The van der Waals surface area contributed by atoms with Crippen molar-refractivity contribution in [1.29, 1.82) is 0 Å². The van der Waals surface area contributed by atoms with Gasteiger partial charge in [-0.3, -0.25) is 4.79 Å². The molecule has 0 aromatic rings. The second-order valence-electron chi connectivity index (χ2n) is 1.88. The first kappa shape index (κ1) is 10.1. The van der Waals surface area contributed by atoms with Crippen molar-refractivity contribution in [3.05, 3.63) is 12.7 Å². The van der Waals surface area contributed by atoms with E-state index in [4.69, 9.17) is 0 Å². The Kier molecular flexibility index (Phi) is 5.93. The van der Waals surface area contributed by atoms with Gasteiger partial charge < -0.3 is 0 Å². The van der Waals surface area contributed by atoms with Crippen molar-refractivity contribution in [2.24, 2.45) is 0 Å². The van der Waals surface area contributed by atoms with Crippen LogP contribution in [0.1, 0.15) is 19.8 Å². The van der Waals surface area contributed by atoms with Crippen LogP contribution >= 0.6 is 24.4 Å². The SMILES string of the molecule is C=CC(=O)SC(S)CCC. The Morgan fingerprint density at radius 2 is 2.50 bits per heavy atom. The summed E-state index contributed by atoms with van der Waals surface area (Å²) < 4.78 is 0.135. The van der Waals surface area contributed by atoms with Crippen LogP contribution in [-0.4, -0.2) is 9.70 Å². The Hall–Kier alpha value is 0.110. The highest BCUT2D eigenvalue weighted by Crippen LogP contribution is 2.20. The van der Waals surface area contributed by atoms with E-state index < -0.39 is 0 Å². The first-order valence-corrected chi connectivity index (χ1v) is 4.61. The molecule has 10 heavy (non-hydrogen) atoms. The molecule has 0 radical (unpaired) electrons. The highest BCUT2D eigenvalue weighted by Gasteiger charge is 2.05. The first-order chi connectivity index (χ1) is 4.70. The zero-order valence-corrected chi connectivity index (χ0v) is 7.75. The fourth-order valence-corrected chi connectivity index (χ4v) is 1.78. The molecule has 0 rings (SSSR count). The predicted molar refractivity (Wildman–Crippen MR) is 50.5 cm³/mol. The maximum atomic E-state index is 10.7. The number of carbonyl (C=O) groups is 1. The van der Waals surface area contributed by atoms with E-state index in [9.17, 15) is 4.79 Å². The summed E-state index contributed by atoms with van der Waals surface area (Å²) in [5.74, 6) is 0. The molecule has 3 heteroatoms. The maximum absolute atomic E-state index is 10.7. The summed E-state index contributed by atoms with van der Waals surface area (Å²) in [4.78, 5) is 10.7. The van der Waals surface area contributed by atoms with Crippen LogP contribution in [0.3, 0.4) is 0 Å². The number of hydrogen-bond donors (Lipinski definition) is 1. The molecule has 0 saturated heterocycles. The Morgan fingerprint density at radius 3 is 2.90 bits per heavy atom. The molecule has 0 aromatic heterocycles. The summed E-state index contributed by atoms with van der Waals surface area (Å²) in [5.41, 5.74) is 0. The Bertz CT molecular complexity index is 123. The number of thioether (sulfide) groups is 1. The summed E-state index contributed by atoms with van der Waals surface area (Å²) >= 11 is 5.43. The summed E-state index contributed by atoms with van der Waals surface area (Å²) in [7, 11) is 0. The fourth-order valence-electron chi connectivity index (χ4n) is 0.488. The Labute approximate surface area is 71.7 Å². The lowest BCUT2D eigenvalue weighted by Gasteiger charge is -2.03. The van der Waals surface area contributed by atoms with E-state index in [1.807, 2.05) is 0 Å². The quantitative estimate of drug-likeness (QED) is 0.403. The van der Waals surface area contributed by atoms with Gasteiger partial charge in [0.2, 0.25) is 5.12 Å². The summed E-state index contributed by atoms with van der Waals surface area (Å²) in [6, 6.07) is 0. The normalized spacial score (nSPS) is 12.6. The number of hydrogen-bond acceptors (Lipinski definition) is 3. The molecule has 0 saturated carbocycles. The van der Waals surface area contributed by atoms with Gasteiger partial charge in [0.05, 0.1) is 4.58 Å². The molecular weight excluding hydrogens is 164 g/mol. The molecule has 0 N–H and O–H groups in total. The third-order valence-corrected chi connectivity index (χ3v) is 2.44. The lowest BCUT2D eigenvalue weighted by atomic mass is 10.4. The minimum absolute atomic E-state index is 0.00782. The average Bonchev–Trinajstić information content (AvgIpc) is 1.88. The van der Waals surface area contributed by atoms with Gasteiger partial charge in [-0.2, -0.15) is 12.6 Å². The second kappa shape index (κ2) is 5.86. The van der Waals surface area contributed by atoms with Crippen LogP contribution in [0.2, 0.25) is 0 Å². The summed E-state index contributed by atoms with van der Waals surface area (Å²) in [6.07, 6.45) is 3.35. The van der Waals surface area contributed by atoms with Crippen LogP contribution in [0.4, 0.5) is 0 Å². The minimum Gasteiger partial charge on any atom is -0.282 e. The number of carbonyl (C=O) groups excluding carboxylic acids is 1. The van der Waals surface area contributed by atoms with Gasteiger partial charge in [0.15, 0.2) is 0 Å². The molecule has 1 unspecified atom stereocenters. The number of rotatable bonds is 4. The van der Waals surface area contributed by atoms with Crippen molar-refractivity contribution in [3.63, 3.8) is 0 Å². The lowest BCUT2D eigenvalue weighted by Crippen LogP contribution is -1.95. The van der Waals surface area contributed by atoms with Crippen molar-refractivity contribution >= 4 is 29.5 Å². The van der Waals surface area contributed by atoms with Gasteiger partial charge in [-0.15, -0.1) is 0 Å². The van der Waals surface area contributed by atoms with Gasteiger partial charge in [0, 0.05) is 0 Å². The van der Waals surface area contributed by atoms with Crippen molar-refractivity contribution in [3.8, 4) is 0 Å². The van der Waals surface area contributed by atoms with E-state index in [0.29, 0.717) is 0 Å². The van der Waals surface area contributed by atoms with E-state index in [2.05, 4.69) is 26.1 Å². The zero-order valence-electron chi connectivity index (χ0n) is 6.04. The maximum Gasteiger partial charge on any atom is 0.212 e. The van der Waals surface area contributed by atoms with Gasteiger partial charge in [0.25, 0.3) is 0 Å². The van der Waals surface area contributed by atoms with E-state index in [-0.39, 0.29) is 9.70 Å². The van der Waals surface area contributed by atoms with Crippen molar-refractivity contribution in [1.82, 2.24) is 0 Å². The van der Waals surface area contributed by atoms with Gasteiger partial charge in [-0.1, -0.05) is 31.7 Å². The Balaban J connectivity index is 3.46. The van der Waals surface area contributed by atoms with E-state index in [1.165, 1.54) is 17.8 Å². The molecule has 1 atom stereocenters. The third kappa shape index (κ3) is 4.94. The minimum atomic E-state index is 0.00782. The average molecular weight is 176 g/mol. The topological polar surface area (TPSA) is 17.1 Å².